The number of anilines is 2. The zero-order chi connectivity index (χ0) is 19.7. The minimum atomic E-state index is -0.377. The van der Waals surface area contributed by atoms with Crippen molar-refractivity contribution < 1.29 is 14.3 Å². The van der Waals surface area contributed by atoms with Crippen LogP contribution in [0.2, 0.25) is 0 Å². The molecule has 0 spiro atoms. The van der Waals surface area contributed by atoms with E-state index in [2.05, 4.69) is 15.2 Å². The largest absolute Gasteiger partial charge is 0.394 e. The number of carbonyl (C=O) groups excluding carboxylic acids is 1. The SMILES string of the molecule is Cc1cc(N2CCCC2CO)c2ccc(NC(=O)c3ccc(F)cc3)cc2n1. The van der Waals surface area contributed by atoms with Crippen LogP contribution < -0.4 is 10.2 Å². The Balaban J connectivity index is 1.66. The molecule has 0 bridgehead atoms. The Morgan fingerprint density at radius 2 is 2.04 bits per heavy atom. The molecule has 2 N–H and O–H groups in total. The van der Waals surface area contributed by atoms with Crippen molar-refractivity contribution >= 4 is 28.2 Å². The van der Waals surface area contributed by atoms with Gasteiger partial charge in [-0.15, -0.1) is 0 Å². The molecule has 0 saturated carbocycles. The number of carbonyl (C=O) groups is 1. The monoisotopic (exact) mass is 379 g/mol. The second-order valence-electron chi connectivity index (χ2n) is 7.15. The van der Waals surface area contributed by atoms with Crippen molar-refractivity contribution in [2.45, 2.75) is 25.8 Å². The lowest BCUT2D eigenvalue weighted by Crippen LogP contribution is -2.32. The van der Waals surface area contributed by atoms with Gasteiger partial charge in [-0.25, -0.2) is 4.39 Å². The van der Waals surface area contributed by atoms with E-state index in [1.54, 1.807) is 0 Å². The maximum absolute atomic E-state index is 13.0. The van der Waals surface area contributed by atoms with Crippen LogP contribution in [0.5, 0.6) is 0 Å². The van der Waals surface area contributed by atoms with Crippen LogP contribution in [0.1, 0.15) is 28.9 Å². The molecule has 28 heavy (non-hydrogen) atoms. The number of benzene rings is 2. The second kappa shape index (κ2) is 7.56. The van der Waals surface area contributed by atoms with E-state index in [4.69, 9.17) is 0 Å². The number of fused-ring (bicyclic) bond motifs is 1. The topological polar surface area (TPSA) is 65.5 Å². The predicted octanol–water partition coefficient (Wildman–Crippen LogP) is 3.90. The highest BCUT2D eigenvalue weighted by atomic mass is 19.1. The van der Waals surface area contributed by atoms with Gasteiger partial charge in [0.1, 0.15) is 5.82 Å². The molecule has 5 nitrogen and oxygen atoms in total. The maximum Gasteiger partial charge on any atom is 0.255 e. The van der Waals surface area contributed by atoms with Crippen LogP contribution in [0.25, 0.3) is 10.9 Å². The van der Waals surface area contributed by atoms with Crippen molar-refractivity contribution in [2.75, 3.05) is 23.4 Å². The Morgan fingerprint density at radius 3 is 2.79 bits per heavy atom. The molecule has 1 saturated heterocycles. The smallest absolute Gasteiger partial charge is 0.255 e. The summed E-state index contributed by atoms with van der Waals surface area (Å²) in [6.07, 6.45) is 2.03. The highest BCUT2D eigenvalue weighted by Crippen LogP contribution is 2.33. The predicted molar refractivity (Wildman–Crippen MR) is 108 cm³/mol. The summed E-state index contributed by atoms with van der Waals surface area (Å²) >= 11 is 0. The average molecular weight is 379 g/mol. The molecule has 1 aliphatic rings. The molecule has 1 unspecified atom stereocenters. The molecular weight excluding hydrogens is 357 g/mol. The first-order valence-corrected chi connectivity index (χ1v) is 9.41. The average Bonchev–Trinajstić information content (AvgIpc) is 3.16. The number of aryl methyl sites for hydroxylation is 1. The van der Waals surface area contributed by atoms with Crippen LogP contribution in [0, 0.1) is 12.7 Å². The van der Waals surface area contributed by atoms with Crippen molar-refractivity contribution in [3.8, 4) is 0 Å². The Hall–Kier alpha value is -2.99. The van der Waals surface area contributed by atoms with E-state index in [0.717, 1.165) is 41.7 Å². The first-order chi connectivity index (χ1) is 13.5. The third kappa shape index (κ3) is 3.55. The Bertz CT molecular complexity index is 1020. The third-order valence-corrected chi connectivity index (χ3v) is 5.18. The van der Waals surface area contributed by atoms with Crippen LogP contribution in [0.4, 0.5) is 15.8 Å². The van der Waals surface area contributed by atoms with E-state index in [-0.39, 0.29) is 24.4 Å². The Labute approximate surface area is 162 Å². The number of amides is 1. The number of hydrogen-bond donors (Lipinski definition) is 2. The summed E-state index contributed by atoms with van der Waals surface area (Å²) in [4.78, 5) is 19.3. The van der Waals surface area contributed by atoms with Crippen LogP contribution in [0.3, 0.4) is 0 Å². The van der Waals surface area contributed by atoms with E-state index < -0.39 is 0 Å². The van der Waals surface area contributed by atoms with E-state index in [9.17, 15) is 14.3 Å². The van der Waals surface area contributed by atoms with Gasteiger partial charge in [-0.05, 0) is 68.3 Å². The van der Waals surface area contributed by atoms with Crippen molar-refractivity contribution in [1.29, 1.82) is 0 Å². The fraction of sp³-hybridized carbons (Fsp3) is 0.273. The molecule has 1 fully saturated rings. The van der Waals surface area contributed by atoms with E-state index in [1.165, 1.54) is 24.3 Å². The Kier molecular flexibility index (Phi) is 4.96. The minimum Gasteiger partial charge on any atom is -0.394 e. The fourth-order valence-electron chi connectivity index (χ4n) is 3.80. The second-order valence-corrected chi connectivity index (χ2v) is 7.15. The fourth-order valence-corrected chi connectivity index (χ4v) is 3.80. The van der Waals surface area contributed by atoms with Crippen LogP contribution in [-0.2, 0) is 0 Å². The van der Waals surface area contributed by atoms with Crippen molar-refractivity contribution in [2.24, 2.45) is 0 Å². The van der Waals surface area contributed by atoms with Crippen molar-refractivity contribution in [3.63, 3.8) is 0 Å². The van der Waals surface area contributed by atoms with Gasteiger partial charge in [-0.1, -0.05) is 0 Å². The number of pyridine rings is 1. The molecule has 1 aliphatic heterocycles. The van der Waals surface area contributed by atoms with Gasteiger partial charge in [0.05, 0.1) is 18.2 Å². The number of nitrogens with zero attached hydrogens (tertiary/aromatic N) is 2. The summed E-state index contributed by atoms with van der Waals surface area (Å²) in [5.74, 6) is -0.676. The number of aliphatic hydroxyl groups excluding tert-OH is 1. The van der Waals surface area contributed by atoms with E-state index >= 15 is 0 Å². The van der Waals surface area contributed by atoms with Gasteiger partial charge < -0.3 is 15.3 Å². The van der Waals surface area contributed by atoms with Crippen LogP contribution in [-0.4, -0.2) is 35.2 Å². The number of nitrogens with one attached hydrogen (secondary N) is 1. The number of aliphatic hydroxyl groups is 1. The molecule has 0 radical (unpaired) electrons. The molecular formula is C22H22FN3O2. The van der Waals surface area contributed by atoms with Crippen molar-refractivity contribution in [3.05, 3.63) is 65.6 Å². The summed E-state index contributed by atoms with van der Waals surface area (Å²) in [7, 11) is 0. The highest BCUT2D eigenvalue weighted by Gasteiger charge is 2.25. The standard InChI is InChI=1S/C22H22FN3O2/c1-14-11-21(26-10-2-3-18(26)13-27)19-9-8-17(12-20(19)24-14)25-22(28)15-4-6-16(23)7-5-15/h4-9,11-12,18,27H,2-3,10,13H2,1H3,(H,25,28). The normalized spacial score (nSPS) is 16.5. The molecule has 2 heterocycles. The van der Waals surface area contributed by atoms with Gasteiger partial charge in [0.25, 0.3) is 5.91 Å². The zero-order valence-electron chi connectivity index (χ0n) is 15.7. The van der Waals surface area contributed by atoms with Gasteiger partial charge >= 0.3 is 0 Å². The lowest BCUT2D eigenvalue weighted by atomic mass is 10.1. The quantitative estimate of drug-likeness (QED) is 0.722. The summed E-state index contributed by atoms with van der Waals surface area (Å²) < 4.78 is 13.0. The van der Waals surface area contributed by atoms with Crippen LogP contribution >= 0.6 is 0 Å². The molecule has 6 heteroatoms. The van der Waals surface area contributed by atoms with Crippen LogP contribution in [0.15, 0.2) is 48.5 Å². The molecule has 2 aromatic carbocycles. The van der Waals surface area contributed by atoms with Gasteiger partial charge in [0.2, 0.25) is 0 Å². The molecule has 1 amide bonds. The maximum atomic E-state index is 13.0. The molecule has 0 aliphatic carbocycles. The summed E-state index contributed by atoms with van der Waals surface area (Å²) in [5.41, 5.74) is 3.76. The first kappa shape index (κ1) is 18.4. The molecule has 1 aromatic heterocycles. The summed E-state index contributed by atoms with van der Waals surface area (Å²) in [6, 6.07) is 13.2. The first-order valence-electron chi connectivity index (χ1n) is 9.41. The van der Waals surface area contributed by atoms with Gasteiger partial charge in [-0.2, -0.15) is 0 Å². The van der Waals surface area contributed by atoms with E-state index in [0.29, 0.717) is 11.3 Å². The lowest BCUT2D eigenvalue weighted by molar-refractivity contribution is 0.102. The molecule has 144 valence electrons. The minimum absolute atomic E-state index is 0.128. The molecule has 4 rings (SSSR count). The van der Waals surface area contributed by atoms with Crippen molar-refractivity contribution in [1.82, 2.24) is 4.98 Å². The van der Waals surface area contributed by atoms with E-state index in [1.807, 2.05) is 31.2 Å². The zero-order valence-corrected chi connectivity index (χ0v) is 15.7. The third-order valence-electron chi connectivity index (χ3n) is 5.18. The number of aromatic nitrogens is 1. The van der Waals surface area contributed by atoms with Gasteiger partial charge in [0, 0.05) is 34.6 Å². The number of rotatable bonds is 4. The summed E-state index contributed by atoms with van der Waals surface area (Å²) in [5, 5.41) is 13.5. The number of hydrogen-bond acceptors (Lipinski definition) is 4. The Morgan fingerprint density at radius 1 is 1.25 bits per heavy atom. The summed E-state index contributed by atoms with van der Waals surface area (Å²) in [6.45, 7) is 2.98. The van der Waals surface area contributed by atoms with Gasteiger partial charge in [0.15, 0.2) is 0 Å². The number of halogens is 1. The molecule has 1 atom stereocenters. The highest BCUT2D eigenvalue weighted by molar-refractivity contribution is 6.05. The lowest BCUT2D eigenvalue weighted by Gasteiger charge is -2.27. The molecule has 3 aromatic rings. The van der Waals surface area contributed by atoms with Gasteiger partial charge in [-0.3, -0.25) is 9.78 Å².